The number of carboxylic acids is 1. The second kappa shape index (κ2) is 4.85. The number of nitriles is 1. The maximum absolute atomic E-state index is 11.1. The summed E-state index contributed by atoms with van der Waals surface area (Å²) in [6, 6.07) is 6.45. The standard InChI is InChI=1S/C11H7ClN4O2/c12-8-2-1-5-14-10(8)16-9(11(17)18)6-7(15-16)3-4-13/h1-2,5-6H,3H2,(H,17,18). The Bertz CT molecular complexity index is 645. The fraction of sp³-hybridized carbons (Fsp3) is 0.0909. The third-order valence-electron chi connectivity index (χ3n) is 2.18. The van der Waals surface area contributed by atoms with Gasteiger partial charge in [-0.15, -0.1) is 0 Å². The molecule has 0 atom stereocenters. The van der Waals surface area contributed by atoms with Crippen LogP contribution in [-0.4, -0.2) is 25.8 Å². The molecular weight excluding hydrogens is 256 g/mol. The van der Waals surface area contributed by atoms with Crippen molar-refractivity contribution in [3.05, 3.63) is 40.8 Å². The molecular formula is C11H7ClN4O2. The highest BCUT2D eigenvalue weighted by Crippen LogP contribution is 2.19. The third kappa shape index (κ3) is 2.17. The smallest absolute Gasteiger partial charge is 0.354 e. The zero-order chi connectivity index (χ0) is 13.1. The van der Waals surface area contributed by atoms with Crippen molar-refractivity contribution in [3.63, 3.8) is 0 Å². The Morgan fingerprint density at radius 2 is 2.39 bits per heavy atom. The molecule has 0 saturated carbocycles. The van der Waals surface area contributed by atoms with Crippen LogP contribution in [0.15, 0.2) is 24.4 Å². The number of rotatable bonds is 3. The lowest BCUT2D eigenvalue weighted by Crippen LogP contribution is -2.09. The lowest BCUT2D eigenvalue weighted by atomic mass is 10.3. The van der Waals surface area contributed by atoms with Gasteiger partial charge in [-0.05, 0) is 18.2 Å². The van der Waals surface area contributed by atoms with Gasteiger partial charge in [0.15, 0.2) is 11.5 Å². The normalized spacial score (nSPS) is 10.0. The quantitative estimate of drug-likeness (QED) is 0.909. The van der Waals surface area contributed by atoms with Crippen LogP contribution in [0.25, 0.3) is 5.82 Å². The van der Waals surface area contributed by atoms with Crippen LogP contribution in [0.2, 0.25) is 5.02 Å². The van der Waals surface area contributed by atoms with E-state index in [2.05, 4.69) is 10.1 Å². The summed E-state index contributed by atoms with van der Waals surface area (Å²) >= 11 is 5.94. The van der Waals surface area contributed by atoms with Gasteiger partial charge >= 0.3 is 5.97 Å². The minimum absolute atomic E-state index is 0.0255. The van der Waals surface area contributed by atoms with Gasteiger partial charge in [0.25, 0.3) is 0 Å². The van der Waals surface area contributed by atoms with E-state index in [1.54, 1.807) is 12.1 Å². The van der Waals surface area contributed by atoms with Crippen molar-refractivity contribution in [2.24, 2.45) is 0 Å². The van der Waals surface area contributed by atoms with E-state index in [1.165, 1.54) is 12.3 Å². The van der Waals surface area contributed by atoms with Crippen LogP contribution < -0.4 is 0 Å². The van der Waals surface area contributed by atoms with E-state index in [9.17, 15) is 4.79 Å². The fourth-order valence-corrected chi connectivity index (χ4v) is 1.65. The number of halogens is 1. The molecule has 0 radical (unpaired) electrons. The summed E-state index contributed by atoms with van der Waals surface area (Å²) in [5.74, 6) is -0.936. The molecule has 1 N–H and O–H groups in total. The predicted octanol–water partition coefficient (Wildman–Crippen LogP) is 1.68. The molecule has 0 aliphatic carbocycles. The maximum Gasteiger partial charge on any atom is 0.354 e. The Balaban J connectivity index is 2.60. The summed E-state index contributed by atoms with van der Waals surface area (Å²) in [5, 5.41) is 22.0. The van der Waals surface area contributed by atoms with Gasteiger partial charge in [-0.2, -0.15) is 10.4 Å². The van der Waals surface area contributed by atoms with Gasteiger partial charge in [0, 0.05) is 6.20 Å². The van der Waals surface area contributed by atoms with Gasteiger partial charge in [0.05, 0.1) is 23.2 Å². The summed E-state index contributed by atoms with van der Waals surface area (Å²) in [6.45, 7) is 0. The van der Waals surface area contributed by atoms with Crippen molar-refractivity contribution in [1.29, 1.82) is 5.26 Å². The second-order valence-corrected chi connectivity index (χ2v) is 3.79. The van der Waals surface area contributed by atoms with Crippen molar-refractivity contribution in [3.8, 4) is 11.9 Å². The molecule has 0 unspecified atom stereocenters. The molecule has 0 spiro atoms. The average Bonchev–Trinajstić information content (AvgIpc) is 2.74. The van der Waals surface area contributed by atoms with Gasteiger partial charge in [0.1, 0.15) is 0 Å². The molecule has 0 fully saturated rings. The van der Waals surface area contributed by atoms with Crippen LogP contribution >= 0.6 is 11.6 Å². The van der Waals surface area contributed by atoms with Crippen molar-refractivity contribution in [2.75, 3.05) is 0 Å². The molecule has 2 heterocycles. The predicted molar refractivity (Wildman–Crippen MR) is 62.6 cm³/mol. The first-order chi connectivity index (χ1) is 8.63. The molecule has 0 aliphatic rings. The van der Waals surface area contributed by atoms with Crippen LogP contribution in [0.5, 0.6) is 0 Å². The van der Waals surface area contributed by atoms with E-state index < -0.39 is 5.97 Å². The number of aromatic nitrogens is 3. The lowest BCUT2D eigenvalue weighted by Gasteiger charge is -2.04. The lowest BCUT2D eigenvalue weighted by molar-refractivity contribution is 0.0687. The zero-order valence-corrected chi connectivity index (χ0v) is 9.79. The minimum Gasteiger partial charge on any atom is -0.477 e. The van der Waals surface area contributed by atoms with Crippen LogP contribution in [0, 0.1) is 11.3 Å². The van der Waals surface area contributed by atoms with Gasteiger partial charge in [-0.3, -0.25) is 0 Å². The van der Waals surface area contributed by atoms with Crippen LogP contribution in [-0.2, 0) is 6.42 Å². The molecule has 2 aromatic rings. The maximum atomic E-state index is 11.1. The Morgan fingerprint density at radius 3 is 3.00 bits per heavy atom. The molecule has 0 aromatic carbocycles. The molecule has 2 rings (SSSR count). The Labute approximate surface area is 107 Å². The fourth-order valence-electron chi connectivity index (χ4n) is 1.44. The molecule has 0 saturated heterocycles. The Morgan fingerprint density at radius 1 is 1.61 bits per heavy atom. The highest BCUT2D eigenvalue weighted by atomic mass is 35.5. The van der Waals surface area contributed by atoms with Gasteiger partial charge < -0.3 is 5.11 Å². The second-order valence-electron chi connectivity index (χ2n) is 3.38. The molecule has 7 heteroatoms. The number of carboxylic acid groups (broad SMARTS) is 1. The number of hydrogen-bond donors (Lipinski definition) is 1. The van der Waals surface area contributed by atoms with Gasteiger partial charge in [-0.1, -0.05) is 11.6 Å². The average molecular weight is 263 g/mol. The van der Waals surface area contributed by atoms with Crippen molar-refractivity contribution in [1.82, 2.24) is 14.8 Å². The van der Waals surface area contributed by atoms with E-state index >= 15 is 0 Å². The monoisotopic (exact) mass is 262 g/mol. The summed E-state index contributed by atoms with van der Waals surface area (Å²) in [5.41, 5.74) is 0.275. The summed E-state index contributed by atoms with van der Waals surface area (Å²) in [4.78, 5) is 15.1. The van der Waals surface area contributed by atoms with E-state index in [0.717, 1.165) is 4.68 Å². The molecule has 0 bridgehead atoms. The zero-order valence-electron chi connectivity index (χ0n) is 9.04. The van der Waals surface area contributed by atoms with Crippen LogP contribution in [0.1, 0.15) is 16.2 Å². The number of aromatic carboxylic acids is 1. The summed E-state index contributed by atoms with van der Waals surface area (Å²) < 4.78 is 1.12. The number of hydrogen-bond acceptors (Lipinski definition) is 4. The summed E-state index contributed by atoms with van der Waals surface area (Å²) in [6.07, 6.45) is 1.51. The van der Waals surface area contributed by atoms with E-state index in [1.807, 2.05) is 6.07 Å². The first kappa shape index (κ1) is 12.1. The van der Waals surface area contributed by atoms with Crippen LogP contribution in [0.4, 0.5) is 0 Å². The Hall–Kier alpha value is -2.39. The highest BCUT2D eigenvalue weighted by Gasteiger charge is 2.17. The molecule has 0 amide bonds. The molecule has 6 nitrogen and oxygen atoms in total. The van der Waals surface area contributed by atoms with Crippen LogP contribution in [0.3, 0.4) is 0 Å². The third-order valence-corrected chi connectivity index (χ3v) is 2.47. The SMILES string of the molecule is N#CCc1cc(C(=O)O)n(-c2ncccc2Cl)n1. The Kier molecular flexibility index (Phi) is 3.26. The largest absolute Gasteiger partial charge is 0.477 e. The van der Waals surface area contributed by atoms with Crippen molar-refractivity contribution < 1.29 is 9.90 Å². The van der Waals surface area contributed by atoms with E-state index in [4.69, 9.17) is 22.0 Å². The topological polar surface area (TPSA) is 91.8 Å². The highest BCUT2D eigenvalue weighted by molar-refractivity contribution is 6.32. The van der Waals surface area contributed by atoms with Crippen molar-refractivity contribution >= 4 is 17.6 Å². The van der Waals surface area contributed by atoms with E-state index in [-0.39, 0.29) is 23.0 Å². The van der Waals surface area contributed by atoms with Gasteiger partial charge in [-0.25, -0.2) is 14.5 Å². The molecule has 0 aliphatic heterocycles. The first-order valence-corrected chi connectivity index (χ1v) is 5.31. The van der Waals surface area contributed by atoms with Gasteiger partial charge in [0.2, 0.25) is 0 Å². The molecule has 18 heavy (non-hydrogen) atoms. The summed E-state index contributed by atoms with van der Waals surface area (Å²) in [7, 11) is 0. The molecule has 90 valence electrons. The van der Waals surface area contributed by atoms with Crippen molar-refractivity contribution in [2.45, 2.75) is 6.42 Å². The first-order valence-electron chi connectivity index (χ1n) is 4.93. The molecule has 2 aromatic heterocycles. The number of carbonyl (C=O) groups is 1. The number of nitrogens with zero attached hydrogens (tertiary/aromatic N) is 4. The van der Waals surface area contributed by atoms with E-state index in [0.29, 0.717) is 5.69 Å². The number of pyridine rings is 1. The minimum atomic E-state index is -1.16.